The molecule has 0 saturated heterocycles. The Morgan fingerprint density at radius 3 is 3.10 bits per heavy atom. The summed E-state index contributed by atoms with van der Waals surface area (Å²) in [5.74, 6) is 1.71. The van der Waals surface area contributed by atoms with Crippen molar-refractivity contribution < 1.29 is 14.3 Å². The second-order valence-electron chi connectivity index (χ2n) is 7.17. The van der Waals surface area contributed by atoms with E-state index in [1.54, 1.807) is 24.0 Å². The molecule has 3 N–H and O–H groups in total. The highest BCUT2D eigenvalue weighted by Gasteiger charge is 2.25. The molecule has 0 fully saturated rings. The molecule has 5 rings (SSSR count). The van der Waals surface area contributed by atoms with E-state index in [1.165, 1.54) is 0 Å². The number of ether oxygens (including phenoxy) is 2. The number of anilines is 3. The number of methoxy groups -OCH3 is 1. The van der Waals surface area contributed by atoms with Crippen molar-refractivity contribution in [2.24, 2.45) is 0 Å². The molecule has 10 nitrogen and oxygen atoms in total. The predicted octanol–water partition coefficient (Wildman–Crippen LogP) is 1.49. The Hall–Kier alpha value is -3.40. The maximum absolute atomic E-state index is 12.8. The summed E-state index contributed by atoms with van der Waals surface area (Å²) >= 11 is 0. The minimum atomic E-state index is -0.234. The molecular weight excluding hydrogens is 374 g/mol. The minimum Gasteiger partial charge on any atom is -0.480 e. The summed E-state index contributed by atoms with van der Waals surface area (Å²) in [5, 5.41) is 14.0. The van der Waals surface area contributed by atoms with E-state index < -0.39 is 0 Å². The van der Waals surface area contributed by atoms with Crippen molar-refractivity contribution in [2.75, 3.05) is 30.9 Å². The fraction of sp³-hybridized carbons (Fsp3) is 0.368. The first-order valence-electron chi connectivity index (χ1n) is 9.47. The summed E-state index contributed by atoms with van der Waals surface area (Å²) < 4.78 is 12.9. The number of nitrogens with zero attached hydrogens (tertiary/aromatic N) is 4. The molecule has 1 amide bonds. The quantitative estimate of drug-likeness (QED) is 0.568. The summed E-state index contributed by atoms with van der Waals surface area (Å²) in [7, 11) is 1.58. The first-order chi connectivity index (χ1) is 14.1. The Bertz CT molecular complexity index is 1110. The number of aromatic nitrogens is 4. The molecule has 3 aromatic rings. The number of fused-ring (bicyclic) bond motifs is 6. The van der Waals surface area contributed by atoms with E-state index in [4.69, 9.17) is 14.5 Å². The van der Waals surface area contributed by atoms with Crippen LogP contribution in [0.1, 0.15) is 28.4 Å². The fourth-order valence-electron chi connectivity index (χ4n) is 3.67. The minimum absolute atomic E-state index is 0.170. The third-order valence-corrected chi connectivity index (χ3v) is 5.03. The van der Waals surface area contributed by atoms with Gasteiger partial charge in [-0.15, -0.1) is 0 Å². The van der Waals surface area contributed by atoms with Crippen LogP contribution in [0.25, 0.3) is 5.65 Å². The summed E-state index contributed by atoms with van der Waals surface area (Å²) in [6, 6.07) is 1.77. The molecule has 1 atom stereocenters. The smallest absolute Gasteiger partial charge is 0.257 e. The summed E-state index contributed by atoms with van der Waals surface area (Å²) in [6.45, 7) is 3.41. The third kappa shape index (κ3) is 3.01. The lowest BCUT2D eigenvalue weighted by molar-refractivity contribution is 0.0821. The zero-order valence-corrected chi connectivity index (χ0v) is 16.2. The van der Waals surface area contributed by atoms with E-state index in [9.17, 15) is 4.79 Å². The average Bonchev–Trinajstić information content (AvgIpc) is 3.34. The third-order valence-electron chi connectivity index (χ3n) is 5.03. The Kier molecular flexibility index (Phi) is 4.20. The predicted molar refractivity (Wildman–Crippen MR) is 106 cm³/mol. The van der Waals surface area contributed by atoms with Gasteiger partial charge in [0.05, 0.1) is 26.5 Å². The second-order valence-corrected chi connectivity index (χ2v) is 7.17. The van der Waals surface area contributed by atoms with E-state index in [-0.39, 0.29) is 11.9 Å². The van der Waals surface area contributed by atoms with Crippen molar-refractivity contribution in [1.29, 1.82) is 0 Å². The maximum Gasteiger partial charge on any atom is 0.257 e. The normalized spacial score (nSPS) is 18.6. The van der Waals surface area contributed by atoms with Crippen LogP contribution < -0.4 is 20.7 Å². The molecule has 4 bridgehead atoms. The van der Waals surface area contributed by atoms with Gasteiger partial charge in [0.2, 0.25) is 5.88 Å². The first kappa shape index (κ1) is 17.7. The molecule has 10 heteroatoms. The molecule has 2 aliphatic rings. The van der Waals surface area contributed by atoms with Crippen LogP contribution in [0.3, 0.4) is 0 Å². The number of amides is 1. The van der Waals surface area contributed by atoms with Gasteiger partial charge in [-0.25, -0.2) is 9.97 Å². The van der Waals surface area contributed by atoms with Gasteiger partial charge in [-0.1, -0.05) is 0 Å². The number of hydrogen-bond donors (Lipinski definition) is 3. The van der Waals surface area contributed by atoms with E-state index in [2.05, 4.69) is 26.0 Å². The lowest BCUT2D eigenvalue weighted by Crippen LogP contribution is -2.35. The zero-order chi connectivity index (χ0) is 20.0. The number of carbonyl (C=O) groups is 1. The molecule has 5 heterocycles. The number of hydrogen-bond acceptors (Lipinski definition) is 8. The molecule has 150 valence electrons. The molecule has 0 unspecified atom stereocenters. The van der Waals surface area contributed by atoms with Gasteiger partial charge >= 0.3 is 0 Å². The molecular formula is C19H21N7O3. The van der Waals surface area contributed by atoms with Crippen LogP contribution in [0, 0.1) is 0 Å². The van der Waals surface area contributed by atoms with Crippen LogP contribution >= 0.6 is 0 Å². The monoisotopic (exact) mass is 395 g/mol. The maximum atomic E-state index is 12.8. The lowest BCUT2D eigenvalue weighted by Gasteiger charge is -2.17. The molecule has 0 saturated carbocycles. The van der Waals surface area contributed by atoms with Crippen LogP contribution in [-0.2, 0) is 17.8 Å². The second kappa shape index (κ2) is 6.89. The van der Waals surface area contributed by atoms with E-state index in [0.29, 0.717) is 41.8 Å². The van der Waals surface area contributed by atoms with Gasteiger partial charge in [-0.3, -0.25) is 4.79 Å². The van der Waals surface area contributed by atoms with Crippen molar-refractivity contribution in [1.82, 2.24) is 24.9 Å². The van der Waals surface area contributed by atoms with Gasteiger partial charge in [0.1, 0.15) is 22.9 Å². The molecule has 0 aliphatic carbocycles. The average molecular weight is 395 g/mol. The van der Waals surface area contributed by atoms with Crippen LogP contribution in [0.5, 0.6) is 5.88 Å². The molecule has 3 aromatic heterocycles. The number of carbonyl (C=O) groups excluding carboxylic acids is 1. The summed E-state index contributed by atoms with van der Waals surface area (Å²) in [6.07, 6.45) is 4.05. The Balaban J connectivity index is 1.71. The zero-order valence-electron chi connectivity index (χ0n) is 16.2. The Morgan fingerprint density at radius 1 is 1.34 bits per heavy atom. The Morgan fingerprint density at radius 2 is 2.24 bits per heavy atom. The highest BCUT2D eigenvalue weighted by Crippen LogP contribution is 2.34. The van der Waals surface area contributed by atoms with Crippen molar-refractivity contribution in [3.05, 3.63) is 35.2 Å². The number of rotatable bonds is 1. The first-order valence-corrected chi connectivity index (χ1v) is 9.47. The van der Waals surface area contributed by atoms with Crippen molar-refractivity contribution in [3.8, 4) is 5.88 Å². The van der Waals surface area contributed by atoms with Crippen LogP contribution in [0.4, 0.5) is 17.3 Å². The number of pyridine rings is 1. The topological polar surface area (TPSA) is 115 Å². The number of nitrogens with one attached hydrogen (secondary N) is 3. The molecule has 2 aliphatic heterocycles. The summed E-state index contributed by atoms with van der Waals surface area (Å²) in [4.78, 5) is 21.9. The summed E-state index contributed by atoms with van der Waals surface area (Å²) in [5.41, 5.74) is 3.47. The SMILES string of the molecule is COc1ncc2cc1Nc1nc3c(cnn3c3c1CCN3)C(=O)N[C@H](C)COC2. The standard InChI is InChI=1S/C19H21N7O3/c1-10-8-29-9-11-5-14(19(28-2)21-6-11)24-15-12-3-4-20-16(12)26-17(25-15)13(7-22-26)18(27)23-10/h5-7,10,20H,3-4,8-9H2,1-2H3,(H,23,27)(H,24,25)/t10-/m1/s1. The van der Waals surface area contributed by atoms with Crippen molar-refractivity contribution >= 4 is 28.9 Å². The van der Waals surface area contributed by atoms with E-state index >= 15 is 0 Å². The van der Waals surface area contributed by atoms with E-state index in [1.807, 2.05) is 13.0 Å². The van der Waals surface area contributed by atoms with Gasteiger partial charge in [0.15, 0.2) is 5.65 Å². The lowest BCUT2D eigenvalue weighted by atomic mass is 10.2. The fourth-order valence-corrected chi connectivity index (χ4v) is 3.67. The highest BCUT2D eigenvalue weighted by atomic mass is 16.5. The van der Waals surface area contributed by atoms with Crippen molar-refractivity contribution in [2.45, 2.75) is 26.0 Å². The van der Waals surface area contributed by atoms with Gasteiger partial charge in [-0.05, 0) is 25.0 Å². The van der Waals surface area contributed by atoms with Crippen LogP contribution in [-0.4, -0.2) is 51.8 Å². The Labute approximate surface area is 166 Å². The van der Waals surface area contributed by atoms with Crippen LogP contribution in [0.15, 0.2) is 18.5 Å². The highest BCUT2D eigenvalue weighted by molar-refractivity contribution is 6.00. The molecule has 0 spiro atoms. The van der Waals surface area contributed by atoms with Crippen LogP contribution in [0.2, 0.25) is 0 Å². The largest absolute Gasteiger partial charge is 0.480 e. The van der Waals surface area contributed by atoms with Gasteiger partial charge in [-0.2, -0.15) is 9.61 Å². The van der Waals surface area contributed by atoms with Gasteiger partial charge < -0.3 is 25.4 Å². The molecule has 29 heavy (non-hydrogen) atoms. The van der Waals surface area contributed by atoms with E-state index in [0.717, 1.165) is 29.9 Å². The molecule has 0 aromatic carbocycles. The van der Waals surface area contributed by atoms with Gasteiger partial charge in [0.25, 0.3) is 5.91 Å². The van der Waals surface area contributed by atoms with Gasteiger partial charge in [0, 0.05) is 24.3 Å². The van der Waals surface area contributed by atoms with Crippen molar-refractivity contribution in [3.63, 3.8) is 0 Å². The molecule has 0 radical (unpaired) electrons.